The summed E-state index contributed by atoms with van der Waals surface area (Å²) in [4.78, 5) is 165. The van der Waals surface area contributed by atoms with Crippen LogP contribution in [0.1, 0.15) is 289 Å². The molecule has 0 fully saturated rings. The number of nitrogens with one attached hydrogen (secondary N) is 1. The quantitative estimate of drug-likeness (QED) is 0.0336. The predicted molar refractivity (Wildman–Crippen MR) is 516 cm³/mol. The van der Waals surface area contributed by atoms with Crippen molar-refractivity contribution in [2.45, 2.75) is 289 Å². The van der Waals surface area contributed by atoms with Crippen LogP contribution in [0.25, 0.3) is 0 Å². The van der Waals surface area contributed by atoms with Gasteiger partial charge in [0.2, 0.25) is 0 Å². The van der Waals surface area contributed by atoms with Crippen LogP contribution in [-0.2, 0) is 114 Å². The maximum atomic E-state index is 13.6. The second-order valence-electron chi connectivity index (χ2n) is 33.5. The van der Waals surface area contributed by atoms with Crippen LogP contribution in [-0.4, -0.2) is 308 Å². The Labute approximate surface area is 794 Å². The molecule has 0 saturated heterocycles. The highest BCUT2D eigenvalue weighted by Gasteiger charge is 2.24. The first kappa shape index (κ1) is 124. The van der Waals surface area contributed by atoms with Crippen molar-refractivity contribution < 1.29 is 114 Å². The first-order valence-corrected chi connectivity index (χ1v) is 53.8. The lowest BCUT2D eigenvalue weighted by Crippen LogP contribution is -2.44. The fraction of sp³-hybridized carbons (Fsp3) is 0.875. The third-order valence-electron chi connectivity index (χ3n) is 21.7. The second kappa shape index (κ2) is 88.1. The molecule has 129 heavy (non-hydrogen) atoms. The minimum absolute atomic E-state index is 0.0419. The van der Waals surface area contributed by atoms with E-state index in [0.717, 1.165) is 55.1 Å². The Kier molecular flexibility index (Phi) is 84.6. The minimum Gasteiger partial charge on any atom is -0.462 e. The van der Waals surface area contributed by atoms with Crippen molar-refractivity contribution in [1.82, 2.24) is 24.9 Å². The Bertz CT molecular complexity index is 2820. The average Bonchev–Trinajstić information content (AvgIpc) is 0.928. The fourth-order valence-corrected chi connectivity index (χ4v) is 16.9. The van der Waals surface area contributed by atoms with Crippen molar-refractivity contribution in [2.24, 2.45) is 35.5 Å². The molecule has 33 heteroatoms. The van der Waals surface area contributed by atoms with Crippen molar-refractivity contribution in [1.29, 1.82) is 0 Å². The summed E-state index contributed by atoms with van der Waals surface area (Å²) < 4.78 is 65.8. The molecule has 0 bridgehead atoms. The van der Waals surface area contributed by atoms with Crippen LogP contribution >= 0.6 is 47.0 Å². The van der Waals surface area contributed by atoms with Gasteiger partial charge in [-0.2, -0.15) is 47.0 Å². The smallest absolute Gasteiger partial charge is 0.309 e. The Hall–Kier alpha value is -5.16. The third kappa shape index (κ3) is 76.8. The normalized spacial score (nSPS) is 12.8. The third-order valence-corrected chi connectivity index (χ3v) is 26.9. The van der Waals surface area contributed by atoms with E-state index in [2.05, 4.69) is 37.9 Å². The Balaban J connectivity index is 6.97. The molecule has 0 radical (unpaired) electrons. The maximum absolute atomic E-state index is 13.6. The van der Waals surface area contributed by atoms with Crippen LogP contribution in [0, 0.1) is 35.5 Å². The molecule has 6 unspecified atom stereocenters. The van der Waals surface area contributed by atoms with E-state index in [4.69, 9.17) is 56.8 Å². The predicted octanol–water partition coefficient (Wildman–Crippen LogP) is 15.7. The van der Waals surface area contributed by atoms with E-state index >= 15 is 0 Å². The van der Waals surface area contributed by atoms with Crippen LogP contribution in [0.2, 0.25) is 0 Å². The summed E-state index contributed by atoms with van der Waals surface area (Å²) in [6, 6.07) is 0. The molecule has 0 aliphatic rings. The molecule has 0 heterocycles. The molecule has 0 spiro atoms. The Morgan fingerprint density at radius 3 is 0.597 bits per heavy atom. The van der Waals surface area contributed by atoms with Crippen LogP contribution in [0.3, 0.4) is 0 Å². The molecule has 0 aromatic carbocycles. The number of hydrogen-bond donors (Lipinski definition) is 1. The summed E-state index contributed by atoms with van der Waals surface area (Å²) in [5.41, 5.74) is 0. The molecule has 0 aliphatic heterocycles. The van der Waals surface area contributed by atoms with Crippen molar-refractivity contribution in [3.63, 3.8) is 0 Å². The van der Waals surface area contributed by atoms with E-state index in [-0.39, 0.29) is 236 Å². The van der Waals surface area contributed by atoms with Gasteiger partial charge in [-0.25, -0.2) is 0 Å². The maximum Gasteiger partial charge on any atom is 0.309 e. The highest BCUT2D eigenvalue weighted by molar-refractivity contribution is 7.99. The minimum atomic E-state index is -0.558. The van der Waals surface area contributed by atoms with Crippen molar-refractivity contribution in [3.8, 4) is 0 Å². The van der Waals surface area contributed by atoms with Crippen LogP contribution in [0.15, 0.2) is 0 Å². The van der Waals surface area contributed by atoms with E-state index in [9.17, 15) is 57.5 Å². The van der Waals surface area contributed by atoms with Crippen molar-refractivity contribution >= 4 is 119 Å². The number of unbranched alkanes of at least 4 members (excludes halogenated alkanes) is 20. The topological polar surface area (TPSA) is 341 Å². The van der Waals surface area contributed by atoms with Gasteiger partial charge in [-0.05, 0) is 61.5 Å². The van der Waals surface area contributed by atoms with Gasteiger partial charge in [0.15, 0.2) is 0 Å². The summed E-state index contributed by atoms with van der Waals surface area (Å²) in [6.07, 6.45) is 29.4. The van der Waals surface area contributed by atoms with Gasteiger partial charge in [-0.1, -0.05) is 212 Å². The van der Waals surface area contributed by atoms with Gasteiger partial charge >= 0.3 is 71.6 Å². The lowest BCUT2D eigenvalue weighted by molar-refractivity contribution is -0.155. The van der Waals surface area contributed by atoms with Gasteiger partial charge in [-0.3, -0.25) is 57.5 Å². The number of nitrogens with zero attached hydrogens (tertiary/aromatic N) is 4. The van der Waals surface area contributed by atoms with Crippen molar-refractivity contribution in [2.75, 3.05) is 217 Å². The molecular weight excluding hydrogens is 1740 g/mol. The van der Waals surface area contributed by atoms with E-state index < -0.39 is 41.8 Å². The summed E-state index contributed by atoms with van der Waals surface area (Å²) in [5.74, 6) is -1.07. The first-order valence-electron chi connectivity index (χ1n) is 49.2. The fourth-order valence-electron chi connectivity index (χ4n) is 12.7. The van der Waals surface area contributed by atoms with Gasteiger partial charge in [0, 0.05) is 115 Å². The highest BCUT2D eigenvalue weighted by atomic mass is 32.2. The molecule has 29 nitrogen and oxygen atoms in total. The number of carbonyl (C=O) groups is 12. The van der Waals surface area contributed by atoms with E-state index in [0.29, 0.717) is 75.1 Å². The molecule has 752 valence electrons. The van der Waals surface area contributed by atoms with Crippen LogP contribution in [0.4, 0.5) is 0 Å². The van der Waals surface area contributed by atoms with Crippen molar-refractivity contribution in [3.05, 3.63) is 0 Å². The molecule has 0 aliphatic carbocycles. The number of hydrogen-bond acceptors (Lipinski definition) is 33. The molecule has 1 N–H and O–H groups in total. The Morgan fingerprint density at radius 2 is 0.388 bits per heavy atom. The number of carbonyl (C=O) groups excluding carboxylic acids is 12. The van der Waals surface area contributed by atoms with Gasteiger partial charge in [-0.15, -0.1) is 0 Å². The van der Waals surface area contributed by atoms with E-state index in [1.807, 2.05) is 56.2 Å². The number of esters is 12. The van der Waals surface area contributed by atoms with Gasteiger partial charge < -0.3 is 81.8 Å². The Morgan fingerprint density at radius 1 is 0.217 bits per heavy atom. The van der Waals surface area contributed by atoms with Gasteiger partial charge in [0.05, 0.1) is 74.0 Å². The largest absolute Gasteiger partial charge is 0.462 e. The van der Waals surface area contributed by atoms with Gasteiger partial charge in [0.1, 0.15) is 79.3 Å². The standard InChI is InChI=1S/C96H175N5O24S4/c1-13-19-23-27-31-35-71-126-75-81(9)93(110)122-67-61-116-86(103)40-48-98(47-39-85(102)114-59-65-120-91(108)79(7)17-5)53-45-97-46-54-100(51-43-89(106)119-64-70-125-96(113)84(12)78-129-74-38-34-30-26-22-16-4)56-58-101(52-44-90(107)115-60-66-121-92(109)80(8)18-6)57-55-99(49-41-87(104)117-62-68-123-94(111)82(10)76-127-72-36-32-28-24-20-14-2)50-42-88(105)118-63-69-124-95(112)83(11)77-128-73-37-33-29-25-21-15-3/h79-84,97H,13-78H2,1-12H3. The zero-order chi connectivity index (χ0) is 95.4. The zero-order valence-electron chi connectivity index (χ0n) is 81.9. The lowest BCUT2D eigenvalue weighted by atomic mass is 10.1. The number of thioether (sulfide) groups is 4. The first-order chi connectivity index (χ1) is 62.3. The molecule has 0 aromatic rings. The van der Waals surface area contributed by atoms with Gasteiger partial charge in [0.25, 0.3) is 0 Å². The SMILES string of the molecule is CCCCCCCCSCC(C)C(=O)OCCOC(=O)CCN(CCNCCN(CCC(=O)OCCOC(=O)C(C)CSCCCCCCCC)CCN(CCC(=O)OCCOC(=O)C(C)CC)CCN(CCC(=O)OCCOC(=O)C(C)CSCCCCCCCC)CCC(=O)OCCOC(=O)C(C)CSCCCCCCCC)CCC(=O)OCCOC(=O)C(C)CC. The molecule has 6 atom stereocenters. The summed E-state index contributed by atoms with van der Waals surface area (Å²) in [5, 5.41) is 3.48. The number of ether oxygens (including phenoxy) is 12. The summed E-state index contributed by atoms with van der Waals surface area (Å²) in [7, 11) is 0. The second-order valence-corrected chi connectivity index (χ2v) is 38.1. The van der Waals surface area contributed by atoms with Crippen LogP contribution in [0.5, 0.6) is 0 Å². The highest BCUT2D eigenvalue weighted by Crippen LogP contribution is 2.20. The lowest BCUT2D eigenvalue weighted by Gasteiger charge is -2.30. The molecular formula is C96H175N5O24S4. The number of rotatable bonds is 92. The average molecular weight is 1910 g/mol. The molecule has 0 amide bonds. The molecule has 0 aromatic heterocycles. The molecule has 0 rings (SSSR count). The monoisotopic (exact) mass is 1910 g/mol. The van der Waals surface area contributed by atoms with E-state index in [1.165, 1.54) is 122 Å². The summed E-state index contributed by atoms with van der Waals surface area (Å²) in [6.45, 7) is 25.6. The molecule has 0 saturated carbocycles. The zero-order valence-corrected chi connectivity index (χ0v) is 85.1. The van der Waals surface area contributed by atoms with Crippen LogP contribution < -0.4 is 5.32 Å². The van der Waals surface area contributed by atoms with E-state index in [1.54, 1.807) is 60.9 Å². The summed E-state index contributed by atoms with van der Waals surface area (Å²) >= 11 is 6.91.